The third-order valence-corrected chi connectivity index (χ3v) is 17.0. The van der Waals surface area contributed by atoms with Gasteiger partial charge < -0.3 is 19.8 Å². The van der Waals surface area contributed by atoms with Crippen molar-refractivity contribution in [3.05, 3.63) is 122 Å². The predicted octanol–water partition coefficient (Wildman–Crippen LogP) is 23.6. The van der Waals surface area contributed by atoms with Gasteiger partial charge >= 0.3 is 7.82 Å². The maximum atomic E-state index is 13.1. The van der Waals surface area contributed by atoms with E-state index in [4.69, 9.17) is 9.05 Å². The van der Waals surface area contributed by atoms with Crippen molar-refractivity contribution >= 4 is 13.7 Å². The minimum atomic E-state index is -4.34. The van der Waals surface area contributed by atoms with Crippen molar-refractivity contribution in [3.8, 4) is 0 Å². The highest BCUT2D eigenvalue weighted by Gasteiger charge is 2.28. The Morgan fingerprint density at radius 3 is 1.01 bits per heavy atom. The van der Waals surface area contributed by atoms with Crippen molar-refractivity contribution in [1.29, 1.82) is 0 Å². The zero-order valence-corrected chi connectivity index (χ0v) is 58.4. The van der Waals surface area contributed by atoms with Gasteiger partial charge in [0.1, 0.15) is 13.2 Å². The topological polar surface area (TPSA) is 105 Å². The van der Waals surface area contributed by atoms with Crippen LogP contribution < -0.4 is 5.32 Å². The number of hydrogen-bond donors (Lipinski definition) is 3. The van der Waals surface area contributed by atoms with Crippen LogP contribution in [0, 0.1) is 0 Å². The summed E-state index contributed by atoms with van der Waals surface area (Å²) >= 11 is 0. The number of aliphatic hydroxyl groups excluding tert-OH is 1. The van der Waals surface area contributed by atoms with E-state index in [2.05, 4.69) is 141 Å². The molecule has 0 radical (unpaired) electrons. The molecule has 9 heteroatoms. The van der Waals surface area contributed by atoms with Gasteiger partial charge in [0.2, 0.25) is 5.91 Å². The minimum Gasteiger partial charge on any atom is -0.391 e. The quantitative estimate of drug-likeness (QED) is 0.0243. The zero-order chi connectivity index (χ0) is 63.4. The number of amides is 1. The molecule has 8 nitrogen and oxygen atoms in total. The van der Waals surface area contributed by atoms with Crippen molar-refractivity contribution in [2.75, 3.05) is 40.9 Å². The molecule has 87 heavy (non-hydrogen) atoms. The molecule has 502 valence electrons. The molecule has 0 aliphatic rings. The molecule has 0 fully saturated rings. The molecule has 1 amide bonds. The maximum absolute atomic E-state index is 13.1. The van der Waals surface area contributed by atoms with Crippen LogP contribution in [-0.2, 0) is 18.4 Å². The lowest BCUT2D eigenvalue weighted by Crippen LogP contribution is -2.46. The van der Waals surface area contributed by atoms with Gasteiger partial charge in [-0.25, -0.2) is 4.57 Å². The number of nitrogens with zero attached hydrogens (tertiary/aromatic N) is 1. The Kier molecular flexibility index (Phi) is 64.9. The van der Waals surface area contributed by atoms with Gasteiger partial charge in [-0.3, -0.25) is 13.8 Å². The molecule has 0 aromatic heterocycles. The smallest absolute Gasteiger partial charge is 0.391 e. The van der Waals surface area contributed by atoms with E-state index in [-0.39, 0.29) is 19.1 Å². The summed E-state index contributed by atoms with van der Waals surface area (Å²) in [6.07, 6.45) is 100. The number of hydrogen-bond acceptors (Lipinski definition) is 5. The second-order valence-corrected chi connectivity index (χ2v) is 27.0. The third kappa shape index (κ3) is 70.2. The second-order valence-electron chi connectivity index (χ2n) is 25.6. The lowest BCUT2D eigenvalue weighted by Gasteiger charge is -2.26. The molecule has 0 rings (SSSR count). The first-order valence-corrected chi connectivity index (χ1v) is 37.9. The number of phosphoric acid groups is 1. The molecule has 0 aliphatic carbocycles. The summed E-state index contributed by atoms with van der Waals surface area (Å²) in [5.74, 6) is -0.154. The fourth-order valence-corrected chi connectivity index (χ4v) is 11.1. The van der Waals surface area contributed by atoms with E-state index in [0.717, 1.165) is 109 Å². The highest BCUT2D eigenvalue weighted by atomic mass is 31.2. The van der Waals surface area contributed by atoms with Crippen molar-refractivity contribution in [3.63, 3.8) is 0 Å². The van der Waals surface area contributed by atoms with Crippen LogP contribution in [0.5, 0.6) is 0 Å². The first-order chi connectivity index (χ1) is 42.5. The summed E-state index contributed by atoms with van der Waals surface area (Å²) in [4.78, 5) is 23.5. The molecule has 0 saturated heterocycles. The number of unbranched alkanes of at least 4 members (excludes halogenated alkanes) is 33. The molecule has 0 aliphatic heterocycles. The Bertz CT molecular complexity index is 1840. The fraction of sp³-hybridized carbons (Fsp3) is 0.731. The van der Waals surface area contributed by atoms with Crippen LogP contribution in [0.15, 0.2) is 122 Å². The van der Waals surface area contributed by atoms with E-state index >= 15 is 0 Å². The van der Waals surface area contributed by atoms with Gasteiger partial charge in [0.25, 0.3) is 0 Å². The Labute approximate surface area is 539 Å². The van der Waals surface area contributed by atoms with E-state index in [1.54, 1.807) is 0 Å². The van der Waals surface area contributed by atoms with Crippen molar-refractivity contribution < 1.29 is 32.9 Å². The van der Waals surface area contributed by atoms with Crippen LogP contribution in [0.25, 0.3) is 0 Å². The summed E-state index contributed by atoms with van der Waals surface area (Å²) < 4.78 is 23.9. The fourth-order valence-electron chi connectivity index (χ4n) is 10.4. The number of phosphoric ester groups is 1. The molecule has 0 aromatic carbocycles. The number of carbonyl (C=O) groups is 1. The zero-order valence-electron chi connectivity index (χ0n) is 57.5. The minimum absolute atomic E-state index is 0.0681. The van der Waals surface area contributed by atoms with Crippen molar-refractivity contribution in [2.24, 2.45) is 0 Å². The summed E-state index contributed by atoms with van der Waals surface area (Å²) in [7, 11) is 1.60. The molecular weight excluding hydrogens is 1090 g/mol. The highest BCUT2D eigenvalue weighted by molar-refractivity contribution is 7.47. The van der Waals surface area contributed by atoms with Crippen LogP contribution in [-0.4, -0.2) is 73.4 Å². The highest BCUT2D eigenvalue weighted by Crippen LogP contribution is 2.43. The van der Waals surface area contributed by atoms with E-state index in [9.17, 15) is 19.4 Å². The Hall–Kier alpha value is -3.10. The number of carbonyl (C=O) groups excluding carboxylic acids is 1. The Morgan fingerprint density at radius 2 is 0.690 bits per heavy atom. The maximum Gasteiger partial charge on any atom is 0.472 e. The van der Waals surface area contributed by atoms with Gasteiger partial charge in [-0.1, -0.05) is 341 Å². The number of likely N-dealkylation sites (N-methyl/N-ethyl adjacent to an activating group) is 1. The lowest BCUT2D eigenvalue weighted by molar-refractivity contribution is -0.870. The molecule has 0 aromatic rings. The third-order valence-electron chi connectivity index (χ3n) is 16.0. The van der Waals surface area contributed by atoms with Crippen LogP contribution in [0.2, 0.25) is 0 Å². The van der Waals surface area contributed by atoms with Gasteiger partial charge in [-0.15, -0.1) is 0 Å². The van der Waals surface area contributed by atoms with Gasteiger partial charge in [0.05, 0.1) is 39.9 Å². The second kappa shape index (κ2) is 67.3. The number of aliphatic hydroxyl groups is 1. The van der Waals surface area contributed by atoms with Crippen LogP contribution >= 0.6 is 7.82 Å². The number of allylic oxidation sites excluding steroid dienone is 20. The molecule has 0 spiro atoms. The lowest BCUT2D eigenvalue weighted by atomic mass is 10.0. The summed E-state index contributed by atoms with van der Waals surface area (Å²) in [6.45, 7) is 4.79. The molecule has 0 heterocycles. The SMILES string of the molecule is CC/C=C\C/C=C\C/C=C\C/C=C\C/C=C\C/C=C\C/C=C\C/C=C\C/C=C\C/C=C\CCCCCCCCCCC(=O)NC(COP(=O)(O)OCC[N+](C)(C)C)C(O)CCCCCCCCCCCCCCCCCCCCCCCCCCCC. The standard InChI is InChI=1S/C78H139N2O6P/c1-6-8-10-12-14-16-18-20-22-24-26-28-30-32-34-35-36-37-38-39-40-41-42-43-44-45-46-48-50-52-54-56-58-60-62-64-66-68-70-72-78(82)79-76(75-86-87(83,84)85-74-73-80(3,4)5)77(81)71-69-67-65-63-61-59-57-55-53-51-49-47-33-31-29-27-25-23-21-19-17-15-13-11-9-7-2/h8,10,14,16,20,22,26,28,32,34,36-37,39-40,42-43,45-46,50,52,76-77,81H,6-7,9,11-13,15,17-19,21,23-25,27,29-31,33,35,38,41,44,47-49,51,53-75H2,1-5H3,(H-,79,82,83,84)/p+1/b10-8-,16-14-,22-20-,28-26-,34-32-,37-36-,40-39-,43-42-,46-45-,52-50-. The first kappa shape index (κ1) is 83.9. The summed E-state index contributed by atoms with van der Waals surface area (Å²) in [5, 5.41) is 14.2. The van der Waals surface area contributed by atoms with Crippen molar-refractivity contribution in [1.82, 2.24) is 5.32 Å². The average Bonchev–Trinajstić information content (AvgIpc) is 3.69. The van der Waals surface area contributed by atoms with Crippen LogP contribution in [0.3, 0.4) is 0 Å². The average molecular weight is 1230 g/mol. The van der Waals surface area contributed by atoms with Gasteiger partial charge in [0, 0.05) is 6.42 Å². The van der Waals surface area contributed by atoms with E-state index in [0.29, 0.717) is 23.9 Å². The van der Waals surface area contributed by atoms with E-state index in [1.807, 2.05) is 21.1 Å². The van der Waals surface area contributed by atoms with Crippen molar-refractivity contribution in [2.45, 2.75) is 328 Å². The summed E-state index contributed by atoms with van der Waals surface area (Å²) in [5.41, 5.74) is 0. The molecular formula is C78H140N2O6P+. The number of rotatable bonds is 66. The van der Waals surface area contributed by atoms with Crippen LogP contribution in [0.4, 0.5) is 0 Å². The van der Waals surface area contributed by atoms with Gasteiger partial charge in [-0.2, -0.15) is 0 Å². The molecule has 3 atom stereocenters. The predicted molar refractivity (Wildman–Crippen MR) is 382 cm³/mol. The van der Waals surface area contributed by atoms with E-state index < -0.39 is 20.0 Å². The Morgan fingerprint density at radius 1 is 0.402 bits per heavy atom. The monoisotopic (exact) mass is 1230 g/mol. The molecule has 3 N–H and O–H groups in total. The largest absolute Gasteiger partial charge is 0.472 e. The normalized spacial score (nSPS) is 14.3. The number of nitrogens with one attached hydrogen (secondary N) is 1. The summed E-state index contributed by atoms with van der Waals surface area (Å²) in [6, 6.07) is -0.775. The van der Waals surface area contributed by atoms with Gasteiger partial charge in [0.15, 0.2) is 0 Å². The Balaban J connectivity index is 4.10. The van der Waals surface area contributed by atoms with E-state index in [1.165, 1.54) is 180 Å². The van der Waals surface area contributed by atoms with Gasteiger partial charge in [-0.05, 0) is 89.9 Å². The molecule has 0 saturated carbocycles. The molecule has 3 unspecified atom stereocenters. The number of quaternary nitrogens is 1. The first-order valence-electron chi connectivity index (χ1n) is 36.4. The van der Waals surface area contributed by atoms with Crippen LogP contribution in [0.1, 0.15) is 316 Å². The molecule has 0 bridgehead atoms.